The maximum Gasteiger partial charge on any atom is 0.00414 e. The van der Waals surface area contributed by atoms with Crippen LogP contribution in [0.4, 0.5) is 0 Å². The molecule has 1 N–H and O–H groups in total. The van der Waals surface area contributed by atoms with Gasteiger partial charge in [-0.1, -0.05) is 0 Å². The summed E-state index contributed by atoms with van der Waals surface area (Å²) in [5.41, 5.74) is 0. The van der Waals surface area contributed by atoms with E-state index in [4.69, 9.17) is 0 Å². The molecule has 0 amide bonds. The summed E-state index contributed by atoms with van der Waals surface area (Å²) in [6.45, 7) is 3.59. The fourth-order valence-corrected chi connectivity index (χ4v) is 2.38. The van der Waals surface area contributed by atoms with Gasteiger partial charge in [0.15, 0.2) is 0 Å². The van der Waals surface area contributed by atoms with E-state index in [1.165, 1.54) is 32.2 Å². The molecule has 0 aromatic carbocycles. The molecule has 2 rings (SSSR count). The highest BCUT2D eigenvalue weighted by molar-refractivity contribution is 4.86. The van der Waals surface area contributed by atoms with Crippen molar-refractivity contribution < 1.29 is 0 Å². The van der Waals surface area contributed by atoms with E-state index in [2.05, 4.69) is 12.2 Å². The summed E-state index contributed by atoms with van der Waals surface area (Å²) in [5.74, 6) is 2.18. The van der Waals surface area contributed by atoms with Crippen LogP contribution in [0.15, 0.2) is 0 Å². The van der Waals surface area contributed by atoms with Crippen molar-refractivity contribution in [1.82, 2.24) is 5.32 Å². The van der Waals surface area contributed by atoms with E-state index in [0.29, 0.717) is 0 Å². The molecule has 0 spiro atoms. The summed E-state index contributed by atoms with van der Waals surface area (Å²) < 4.78 is 0. The summed E-state index contributed by atoms with van der Waals surface area (Å²) in [7, 11) is 0. The SMILES string of the molecule is CC1CC2CCC2CCN1. The average Bonchev–Trinajstić information content (AvgIpc) is 1.99. The Labute approximate surface area is 63.2 Å². The van der Waals surface area contributed by atoms with Crippen molar-refractivity contribution in [2.45, 2.75) is 38.6 Å². The molecule has 2 fully saturated rings. The third kappa shape index (κ3) is 1.07. The lowest BCUT2D eigenvalue weighted by Gasteiger charge is -2.35. The molecule has 1 nitrogen and oxygen atoms in total. The zero-order chi connectivity index (χ0) is 6.97. The van der Waals surface area contributed by atoms with Gasteiger partial charge in [-0.25, -0.2) is 0 Å². The van der Waals surface area contributed by atoms with Crippen LogP contribution < -0.4 is 5.32 Å². The molecule has 58 valence electrons. The largest absolute Gasteiger partial charge is 0.314 e. The van der Waals surface area contributed by atoms with Gasteiger partial charge in [-0.2, -0.15) is 0 Å². The fraction of sp³-hybridized carbons (Fsp3) is 1.00. The second-order valence-corrected chi connectivity index (χ2v) is 3.98. The summed E-state index contributed by atoms with van der Waals surface area (Å²) >= 11 is 0. The number of fused-ring (bicyclic) bond motifs is 1. The second-order valence-electron chi connectivity index (χ2n) is 3.98. The van der Waals surface area contributed by atoms with E-state index < -0.39 is 0 Å². The smallest absolute Gasteiger partial charge is 0.00414 e. The Balaban J connectivity index is 1.93. The number of nitrogens with one attached hydrogen (secondary N) is 1. The lowest BCUT2D eigenvalue weighted by molar-refractivity contribution is 0.164. The molecule has 10 heavy (non-hydrogen) atoms. The van der Waals surface area contributed by atoms with E-state index >= 15 is 0 Å². The quantitative estimate of drug-likeness (QED) is 0.539. The van der Waals surface area contributed by atoms with Crippen LogP contribution in [0.2, 0.25) is 0 Å². The molecule has 2 aliphatic rings. The Bertz CT molecular complexity index is 122. The molecule has 1 aliphatic heterocycles. The monoisotopic (exact) mass is 139 g/mol. The topological polar surface area (TPSA) is 12.0 Å². The molecular weight excluding hydrogens is 122 g/mol. The maximum absolute atomic E-state index is 3.55. The summed E-state index contributed by atoms with van der Waals surface area (Å²) in [5, 5.41) is 3.55. The highest BCUT2D eigenvalue weighted by Crippen LogP contribution is 2.40. The summed E-state index contributed by atoms with van der Waals surface area (Å²) in [6, 6.07) is 0.787. The van der Waals surface area contributed by atoms with Crippen molar-refractivity contribution in [1.29, 1.82) is 0 Å². The van der Waals surface area contributed by atoms with Crippen LogP contribution in [0.1, 0.15) is 32.6 Å². The normalized spacial score (nSPS) is 47.1. The minimum atomic E-state index is 0.787. The first-order chi connectivity index (χ1) is 4.86. The highest BCUT2D eigenvalue weighted by atomic mass is 14.9. The standard InChI is InChI=1S/C9H17N/c1-7-6-9-3-2-8(9)4-5-10-7/h7-10H,2-6H2,1H3. The molecular formula is C9H17N. The van der Waals surface area contributed by atoms with Crippen LogP contribution in [-0.2, 0) is 0 Å². The van der Waals surface area contributed by atoms with Crippen LogP contribution in [0, 0.1) is 11.8 Å². The van der Waals surface area contributed by atoms with E-state index in [1.807, 2.05) is 0 Å². The molecule has 1 heteroatoms. The Hall–Kier alpha value is -0.0400. The second kappa shape index (κ2) is 2.54. The Morgan fingerprint density at radius 3 is 2.60 bits per heavy atom. The number of rotatable bonds is 0. The first kappa shape index (κ1) is 6.66. The molecule has 0 radical (unpaired) electrons. The van der Waals surface area contributed by atoms with E-state index in [9.17, 15) is 0 Å². The van der Waals surface area contributed by atoms with Crippen molar-refractivity contribution in [2.24, 2.45) is 11.8 Å². The molecule has 1 saturated carbocycles. The van der Waals surface area contributed by atoms with Crippen LogP contribution in [0.5, 0.6) is 0 Å². The minimum absolute atomic E-state index is 0.787. The van der Waals surface area contributed by atoms with Gasteiger partial charge in [0.2, 0.25) is 0 Å². The average molecular weight is 139 g/mol. The van der Waals surface area contributed by atoms with Gasteiger partial charge in [0, 0.05) is 6.04 Å². The van der Waals surface area contributed by atoms with E-state index in [0.717, 1.165) is 17.9 Å². The van der Waals surface area contributed by atoms with Crippen molar-refractivity contribution >= 4 is 0 Å². The van der Waals surface area contributed by atoms with E-state index in [-0.39, 0.29) is 0 Å². The summed E-state index contributed by atoms with van der Waals surface area (Å²) in [6.07, 6.45) is 5.90. The van der Waals surface area contributed by atoms with Crippen LogP contribution in [0.25, 0.3) is 0 Å². The van der Waals surface area contributed by atoms with Gasteiger partial charge in [0.1, 0.15) is 0 Å². The Morgan fingerprint density at radius 2 is 1.90 bits per heavy atom. The zero-order valence-corrected chi connectivity index (χ0v) is 6.77. The zero-order valence-electron chi connectivity index (χ0n) is 6.77. The van der Waals surface area contributed by atoms with Gasteiger partial charge in [0.05, 0.1) is 0 Å². The number of hydrogen-bond acceptors (Lipinski definition) is 1. The predicted octanol–water partition coefficient (Wildman–Crippen LogP) is 1.78. The highest BCUT2D eigenvalue weighted by Gasteiger charge is 2.32. The molecule has 1 aliphatic carbocycles. The third-order valence-electron chi connectivity index (χ3n) is 3.24. The van der Waals surface area contributed by atoms with Gasteiger partial charge in [-0.3, -0.25) is 0 Å². The van der Waals surface area contributed by atoms with Crippen molar-refractivity contribution in [2.75, 3.05) is 6.54 Å². The lowest BCUT2D eigenvalue weighted by Crippen LogP contribution is -2.28. The Morgan fingerprint density at radius 1 is 1.10 bits per heavy atom. The predicted molar refractivity (Wildman–Crippen MR) is 42.9 cm³/mol. The van der Waals surface area contributed by atoms with Crippen molar-refractivity contribution in [3.63, 3.8) is 0 Å². The summed E-state index contributed by atoms with van der Waals surface area (Å²) in [4.78, 5) is 0. The Kier molecular flexibility index (Phi) is 1.69. The molecule has 3 atom stereocenters. The van der Waals surface area contributed by atoms with E-state index in [1.54, 1.807) is 0 Å². The van der Waals surface area contributed by atoms with Crippen LogP contribution in [-0.4, -0.2) is 12.6 Å². The van der Waals surface area contributed by atoms with Gasteiger partial charge >= 0.3 is 0 Å². The van der Waals surface area contributed by atoms with Crippen LogP contribution >= 0.6 is 0 Å². The molecule has 1 saturated heterocycles. The van der Waals surface area contributed by atoms with Gasteiger partial charge < -0.3 is 5.32 Å². The van der Waals surface area contributed by atoms with Gasteiger partial charge in [-0.15, -0.1) is 0 Å². The minimum Gasteiger partial charge on any atom is -0.314 e. The third-order valence-corrected chi connectivity index (χ3v) is 3.24. The lowest BCUT2D eigenvalue weighted by atomic mass is 9.70. The molecule has 0 bridgehead atoms. The van der Waals surface area contributed by atoms with Crippen LogP contribution in [0.3, 0.4) is 0 Å². The van der Waals surface area contributed by atoms with Gasteiger partial charge in [0.25, 0.3) is 0 Å². The molecule has 0 aromatic rings. The molecule has 3 unspecified atom stereocenters. The first-order valence-corrected chi connectivity index (χ1v) is 4.59. The molecule has 1 heterocycles. The van der Waals surface area contributed by atoms with Crippen molar-refractivity contribution in [3.8, 4) is 0 Å². The maximum atomic E-state index is 3.55. The molecule has 0 aromatic heterocycles. The first-order valence-electron chi connectivity index (χ1n) is 4.59. The van der Waals surface area contributed by atoms with Gasteiger partial charge in [-0.05, 0) is 51.0 Å². The van der Waals surface area contributed by atoms with Crippen molar-refractivity contribution in [3.05, 3.63) is 0 Å². The number of hydrogen-bond donors (Lipinski definition) is 1. The fourth-order valence-electron chi connectivity index (χ4n) is 2.38.